The molecule has 58 valence electrons. The van der Waals surface area contributed by atoms with Crippen LogP contribution in [-0.2, 0) is 9.59 Å². The molecule has 1 atom stereocenters. The smallest absolute Gasteiger partial charge is 0.251 e. The molecule has 1 unspecified atom stereocenters. The molecule has 1 rings (SSSR count). The Morgan fingerprint density at radius 2 is 2.27 bits per heavy atom. The Kier molecular flexibility index (Phi) is 1.89. The van der Waals surface area contributed by atoms with Gasteiger partial charge in [0.15, 0.2) is 0 Å². The molecule has 0 saturated carbocycles. The molecule has 0 N–H and O–H groups in total. The van der Waals surface area contributed by atoms with E-state index < -0.39 is 6.04 Å². The number of rotatable bonds is 2. The van der Waals surface area contributed by atoms with Gasteiger partial charge in [-0.2, -0.15) is 0 Å². The lowest BCUT2D eigenvalue weighted by Gasteiger charge is -2.19. The van der Waals surface area contributed by atoms with E-state index in [0.29, 0.717) is 5.70 Å². The first-order valence-electron chi connectivity index (χ1n) is 3.32. The van der Waals surface area contributed by atoms with E-state index in [9.17, 15) is 9.59 Å². The topological polar surface area (TPSA) is 37.4 Å². The first kappa shape index (κ1) is 7.72. The van der Waals surface area contributed by atoms with Crippen LogP contribution in [0.4, 0.5) is 0 Å². The molecule has 0 radical (unpaired) electrons. The number of amides is 1. The van der Waals surface area contributed by atoms with Gasteiger partial charge in [-0.05, 0) is 13.0 Å². The van der Waals surface area contributed by atoms with E-state index in [2.05, 4.69) is 6.58 Å². The third-order valence-corrected chi connectivity index (χ3v) is 1.57. The molecular weight excluding hydrogens is 142 g/mol. The quantitative estimate of drug-likeness (QED) is 0.538. The van der Waals surface area contributed by atoms with E-state index >= 15 is 0 Å². The van der Waals surface area contributed by atoms with Gasteiger partial charge in [0.25, 0.3) is 5.91 Å². The van der Waals surface area contributed by atoms with Crippen molar-refractivity contribution in [1.29, 1.82) is 0 Å². The molecule has 0 bridgehead atoms. The van der Waals surface area contributed by atoms with Gasteiger partial charge in [-0.25, -0.2) is 0 Å². The van der Waals surface area contributed by atoms with Crippen molar-refractivity contribution in [2.45, 2.75) is 13.0 Å². The Balaban J connectivity index is 2.81. The number of allylic oxidation sites excluding steroid dienone is 1. The van der Waals surface area contributed by atoms with Crippen molar-refractivity contribution in [3.05, 3.63) is 24.4 Å². The second-order valence-electron chi connectivity index (χ2n) is 2.41. The molecule has 11 heavy (non-hydrogen) atoms. The Bertz CT molecular complexity index is 224. The summed E-state index contributed by atoms with van der Waals surface area (Å²) in [6.45, 7) is 5.27. The van der Waals surface area contributed by atoms with Gasteiger partial charge >= 0.3 is 0 Å². The van der Waals surface area contributed by atoms with Crippen molar-refractivity contribution in [2.24, 2.45) is 0 Å². The summed E-state index contributed by atoms with van der Waals surface area (Å²) in [6, 6.07) is -0.412. The Morgan fingerprint density at radius 3 is 2.64 bits per heavy atom. The summed E-state index contributed by atoms with van der Waals surface area (Å²) in [5, 5.41) is 0. The zero-order valence-corrected chi connectivity index (χ0v) is 6.28. The summed E-state index contributed by atoms with van der Waals surface area (Å²) < 4.78 is 0. The van der Waals surface area contributed by atoms with Crippen molar-refractivity contribution < 1.29 is 9.59 Å². The van der Waals surface area contributed by atoms with Crippen LogP contribution in [0.5, 0.6) is 0 Å². The SMILES string of the molecule is C=C1C=CC(=O)N1C(C)C=O. The maximum absolute atomic E-state index is 11.0. The minimum atomic E-state index is -0.412. The number of nitrogens with zero attached hydrogens (tertiary/aromatic N) is 1. The first-order valence-corrected chi connectivity index (χ1v) is 3.32. The minimum Gasteiger partial charge on any atom is -0.301 e. The fourth-order valence-corrected chi connectivity index (χ4v) is 0.993. The second-order valence-corrected chi connectivity index (χ2v) is 2.41. The molecule has 0 aromatic rings. The van der Waals surface area contributed by atoms with Crippen LogP contribution in [-0.4, -0.2) is 23.1 Å². The normalized spacial score (nSPS) is 19.2. The van der Waals surface area contributed by atoms with E-state index in [0.717, 1.165) is 6.29 Å². The van der Waals surface area contributed by atoms with Gasteiger partial charge in [-0.15, -0.1) is 0 Å². The predicted octanol–water partition coefficient (Wildman–Crippen LogP) is 0.486. The summed E-state index contributed by atoms with van der Waals surface area (Å²) in [4.78, 5) is 22.7. The fourth-order valence-electron chi connectivity index (χ4n) is 0.993. The molecule has 0 aromatic carbocycles. The van der Waals surface area contributed by atoms with Crippen LogP contribution in [0.15, 0.2) is 24.4 Å². The van der Waals surface area contributed by atoms with Crippen molar-refractivity contribution in [3.8, 4) is 0 Å². The van der Waals surface area contributed by atoms with Crippen LogP contribution in [0.1, 0.15) is 6.92 Å². The highest BCUT2D eigenvalue weighted by molar-refractivity contribution is 5.94. The van der Waals surface area contributed by atoms with Gasteiger partial charge in [-0.3, -0.25) is 9.69 Å². The summed E-state index contributed by atoms with van der Waals surface area (Å²) in [7, 11) is 0. The van der Waals surface area contributed by atoms with Crippen LogP contribution in [0.25, 0.3) is 0 Å². The molecule has 1 aliphatic rings. The summed E-state index contributed by atoms with van der Waals surface area (Å²) in [5.74, 6) is -0.172. The Morgan fingerprint density at radius 1 is 1.64 bits per heavy atom. The summed E-state index contributed by atoms with van der Waals surface area (Å²) >= 11 is 0. The van der Waals surface area contributed by atoms with Gasteiger partial charge < -0.3 is 4.79 Å². The van der Waals surface area contributed by atoms with Gasteiger partial charge in [0, 0.05) is 11.8 Å². The van der Waals surface area contributed by atoms with E-state index in [4.69, 9.17) is 0 Å². The van der Waals surface area contributed by atoms with E-state index in [1.807, 2.05) is 0 Å². The molecule has 0 aliphatic carbocycles. The first-order chi connectivity index (χ1) is 5.16. The van der Waals surface area contributed by atoms with Crippen LogP contribution >= 0.6 is 0 Å². The molecule has 3 heteroatoms. The van der Waals surface area contributed by atoms with Crippen LogP contribution < -0.4 is 0 Å². The Hall–Kier alpha value is -1.38. The van der Waals surface area contributed by atoms with E-state index in [1.165, 1.54) is 11.0 Å². The lowest BCUT2D eigenvalue weighted by molar-refractivity contribution is -0.128. The number of aldehydes is 1. The summed E-state index contributed by atoms with van der Waals surface area (Å²) in [6.07, 6.45) is 3.72. The highest BCUT2D eigenvalue weighted by Gasteiger charge is 2.23. The second kappa shape index (κ2) is 2.70. The molecule has 0 saturated heterocycles. The number of carbonyl (C=O) groups is 2. The average molecular weight is 151 g/mol. The van der Waals surface area contributed by atoms with Crippen molar-refractivity contribution in [1.82, 2.24) is 4.90 Å². The Labute approximate surface area is 65.0 Å². The number of hydrogen-bond donors (Lipinski definition) is 0. The van der Waals surface area contributed by atoms with Crippen molar-refractivity contribution in [3.63, 3.8) is 0 Å². The van der Waals surface area contributed by atoms with Crippen LogP contribution in [0, 0.1) is 0 Å². The largest absolute Gasteiger partial charge is 0.301 e. The van der Waals surface area contributed by atoms with Gasteiger partial charge in [0.1, 0.15) is 6.29 Å². The highest BCUT2D eigenvalue weighted by Crippen LogP contribution is 2.15. The maximum atomic E-state index is 11.0. The monoisotopic (exact) mass is 151 g/mol. The molecule has 3 nitrogen and oxygen atoms in total. The van der Waals surface area contributed by atoms with Crippen molar-refractivity contribution >= 4 is 12.2 Å². The third-order valence-electron chi connectivity index (χ3n) is 1.57. The van der Waals surface area contributed by atoms with E-state index in [1.54, 1.807) is 13.0 Å². The van der Waals surface area contributed by atoms with Gasteiger partial charge in [0.2, 0.25) is 0 Å². The van der Waals surface area contributed by atoms with E-state index in [-0.39, 0.29) is 5.91 Å². The van der Waals surface area contributed by atoms with Crippen LogP contribution in [0.3, 0.4) is 0 Å². The lowest BCUT2D eigenvalue weighted by Crippen LogP contribution is -2.33. The van der Waals surface area contributed by atoms with Gasteiger partial charge in [0.05, 0.1) is 6.04 Å². The molecule has 0 fully saturated rings. The zero-order valence-electron chi connectivity index (χ0n) is 6.28. The third kappa shape index (κ3) is 1.22. The molecule has 1 aliphatic heterocycles. The highest BCUT2D eigenvalue weighted by atomic mass is 16.2. The fraction of sp³-hybridized carbons (Fsp3) is 0.250. The van der Waals surface area contributed by atoms with Crippen molar-refractivity contribution in [2.75, 3.05) is 0 Å². The summed E-state index contributed by atoms with van der Waals surface area (Å²) in [5.41, 5.74) is 0.578. The van der Waals surface area contributed by atoms with Crippen LogP contribution in [0.2, 0.25) is 0 Å². The maximum Gasteiger partial charge on any atom is 0.251 e. The number of hydrogen-bond acceptors (Lipinski definition) is 2. The minimum absolute atomic E-state index is 0.172. The zero-order chi connectivity index (χ0) is 8.43. The lowest BCUT2D eigenvalue weighted by atomic mass is 10.3. The molecule has 0 spiro atoms. The molecular formula is C8H9NO2. The standard InChI is InChI=1S/C8H9NO2/c1-6-3-4-8(11)9(6)7(2)5-10/h3-5,7H,1H2,2H3. The molecule has 1 amide bonds. The van der Waals surface area contributed by atoms with Gasteiger partial charge in [-0.1, -0.05) is 6.58 Å². The number of carbonyl (C=O) groups excluding carboxylic acids is 2. The molecule has 0 aromatic heterocycles. The molecule has 1 heterocycles. The average Bonchev–Trinajstić information content (AvgIpc) is 2.30. The predicted molar refractivity (Wildman–Crippen MR) is 40.7 cm³/mol.